The lowest BCUT2D eigenvalue weighted by atomic mass is 9.48. The highest BCUT2D eigenvalue weighted by Gasteiger charge is 2.66. The molecule has 1 fully saturated rings. The number of hydrogen-bond acceptors (Lipinski definition) is 4. The van der Waals surface area contributed by atoms with Crippen LogP contribution in [0.1, 0.15) is 59.3 Å². The highest BCUT2D eigenvalue weighted by Crippen LogP contribution is 2.64. The van der Waals surface area contributed by atoms with Crippen molar-refractivity contribution in [1.82, 2.24) is 0 Å². The molecule has 5 heteroatoms. The minimum absolute atomic E-state index is 0.199. The van der Waals surface area contributed by atoms with Gasteiger partial charge >= 0.3 is 5.97 Å². The van der Waals surface area contributed by atoms with Gasteiger partial charge < -0.3 is 4.74 Å². The van der Waals surface area contributed by atoms with Crippen molar-refractivity contribution in [1.29, 1.82) is 0 Å². The van der Waals surface area contributed by atoms with Crippen molar-refractivity contribution in [2.75, 3.05) is 4.90 Å². The third-order valence-corrected chi connectivity index (χ3v) is 7.75. The Balaban J connectivity index is 1.54. The van der Waals surface area contributed by atoms with Crippen LogP contribution in [0.3, 0.4) is 0 Å². The third-order valence-electron chi connectivity index (χ3n) is 7.75. The third kappa shape index (κ3) is 2.52. The smallest absolute Gasteiger partial charge is 0.340 e. The van der Waals surface area contributed by atoms with Gasteiger partial charge in [-0.2, -0.15) is 0 Å². The number of ether oxygens (including phenoxy) is 1. The van der Waals surface area contributed by atoms with Crippen LogP contribution in [0.25, 0.3) is 0 Å². The van der Waals surface area contributed by atoms with Crippen LogP contribution in [0, 0.1) is 11.8 Å². The quantitative estimate of drug-likeness (QED) is 0.423. The van der Waals surface area contributed by atoms with Crippen LogP contribution < -0.4 is 4.90 Å². The second-order valence-electron chi connectivity index (χ2n) is 9.84. The summed E-state index contributed by atoms with van der Waals surface area (Å²) < 4.78 is 5.41. The van der Waals surface area contributed by atoms with Gasteiger partial charge in [-0.15, -0.1) is 0 Å². The van der Waals surface area contributed by atoms with Crippen molar-refractivity contribution >= 4 is 23.5 Å². The van der Waals surface area contributed by atoms with E-state index < -0.39 is 23.2 Å². The minimum atomic E-state index is -0.637. The van der Waals surface area contributed by atoms with Gasteiger partial charge in [0.05, 0.1) is 29.2 Å². The average Bonchev–Trinajstić information content (AvgIpc) is 3.10. The van der Waals surface area contributed by atoms with E-state index in [9.17, 15) is 14.4 Å². The normalized spacial score (nSPS) is 26.4. The topological polar surface area (TPSA) is 63.7 Å². The summed E-state index contributed by atoms with van der Waals surface area (Å²) in [5.41, 5.74) is 4.33. The van der Waals surface area contributed by atoms with Crippen molar-refractivity contribution < 1.29 is 19.1 Å². The number of carbonyl (C=O) groups is 3. The van der Waals surface area contributed by atoms with Gasteiger partial charge in [-0.25, -0.2) is 9.69 Å². The van der Waals surface area contributed by atoms with Gasteiger partial charge in [0.25, 0.3) is 0 Å². The Hall–Kier alpha value is -3.73. The number of anilines is 1. The molecule has 170 valence electrons. The molecule has 34 heavy (non-hydrogen) atoms. The van der Waals surface area contributed by atoms with Crippen LogP contribution in [-0.4, -0.2) is 23.9 Å². The molecule has 1 aliphatic heterocycles. The SMILES string of the molecule is CC(C)OC(=O)c1ccccc1N1C(=O)[C@@H]2C3c4ccccc4C(C)(c4ccccc43)[C@H]2C1=O. The fourth-order valence-corrected chi connectivity index (χ4v) is 6.51. The van der Waals surface area contributed by atoms with Crippen LogP contribution in [0.5, 0.6) is 0 Å². The number of amides is 2. The number of hydrogen-bond donors (Lipinski definition) is 0. The zero-order valence-corrected chi connectivity index (χ0v) is 19.3. The van der Waals surface area contributed by atoms with Crippen molar-refractivity contribution in [2.24, 2.45) is 11.8 Å². The average molecular weight is 452 g/mol. The van der Waals surface area contributed by atoms with Crippen LogP contribution in [-0.2, 0) is 19.7 Å². The Bertz CT molecular complexity index is 1330. The molecule has 4 aliphatic rings. The Morgan fingerprint density at radius 3 is 2.03 bits per heavy atom. The van der Waals surface area contributed by atoms with E-state index >= 15 is 0 Å². The molecule has 0 radical (unpaired) electrons. The molecule has 3 aromatic rings. The Morgan fingerprint density at radius 2 is 1.41 bits per heavy atom. The minimum Gasteiger partial charge on any atom is -0.459 e. The van der Waals surface area contributed by atoms with Gasteiger partial charge in [0, 0.05) is 11.3 Å². The Kier molecular flexibility index (Phi) is 4.37. The number of nitrogens with zero attached hydrogens (tertiary/aromatic N) is 1. The van der Waals surface area contributed by atoms with Gasteiger partial charge in [0.2, 0.25) is 11.8 Å². The lowest BCUT2D eigenvalue weighted by Gasteiger charge is -2.52. The molecule has 0 aromatic heterocycles. The Morgan fingerprint density at radius 1 is 0.853 bits per heavy atom. The van der Waals surface area contributed by atoms with Crippen molar-refractivity contribution in [3.05, 3.63) is 101 Å². The van der Waals surface area contributed by atoms with Gasteiger partial charge in [0.15, 0.2) is 0 Å². The summed E-state index contributed by atoms with van der Waals surface area (Å²) in [5.74, 6) is -2.30. The van der Waals surface area contributed by atoms with Crippen molar-refractivity contribution in [2.45, 2.75) is 38.2 Å². The second kappa shape index (κ2) is 7.13. The van der Waals surface area contributed by atoms with Gasteiger partial charge in [-0.1, -0.05) is 67.6 Å². The highest BCUT2D eigenvalue weighted by molar-refractivity contribution is 6.25. The number of imide groups is 1. The van der Waals surface area contributed by atoms with Crippen LogP contribution in [0.2, 0.25) is 0 Å². The molecular formula is C29H25NO4. The number of para-hydroxylation sites is 1. The lowest BCUT2D eigenvalue weighted by molar-refractivity contribution is -0.123. The van der Waals surface area contributed by atoms with Gasteiger partial charge in [0.1, 0.15) is 0 Å². The summed E-state index contributed by atoms with van der Waals surface area (Å²) in [6, 6.07) is 23.1. The summed E-state index contributed by atoms with van der Waals surface area (Å²) in [4.78, 5) is 42.3. The van der Waals surface area contributed by atoms with Crippen LogP contribution >= 0.6 is 0 Å². The predicted octanol–water partition coefficient (Wildman–Crippen LogP) is 4.82. The van der Waals surface area contributed by atoms with E-state index in [0.717, 1.165) is 22.3 Å². The fraction of sp³-hybridized carbons (Fsp3) is 0.276. The summed E-state index contributed by atoms with van der Waals surface area (Å²) in [5, 5.41) is 0. The fourth-order valence-electron chi connectivity index (χ4n) is 6.51. The molecule has 0 saturated carbocycles. The van der Waals surface area contributed by atoms with E-state index in [2.05, 4.69) is 31.2 Å². The van der Waals surface area contributed by atoms with Crippen molar-refractivity contribution in [3.63, 3.8) is 0 Å². The summed E-state index contributed by atoms with van der Waals surface area (Å²) in [6.07, 6.45) is -0.313. The molecule has 0 N–H and O–H groups in total. The maximum absolute atomic E-state index is 14.1. The molecule has 0 unspecified atom stereocenters. The van der Waals surface area contributed by atoms with E-state index in [1.807, 2.05) is 24.3 Å². The molecular weight excluding hydrogens is 426 g/mol. The number of esters is 1. The van der Waals surface area contributed by atoms with Crippen LogP contribution in [0.4, 0.5) is 5.69 Å². The van der Waals surface area contributed by atoms with Crippen LogP contribution in [0.15, 0.2) is 72.8 Å². The highest BCUT2D eigenvalue weighted by atomic mass is 16.5. The molecule has 2 bridgehead atoms. The molecule has 1 heterocycles. The Labute approximate surface area is 198 Å². The van der Waals surface area contributed by atoms with E-state index in [0.29, 0.717) is 5.69 Å². The largest absolute Gasteiger partial charge is 0.459 e. The van der Waals surface area contributed by atoms with Gasteiger partial charge in [-0.05, 0) is 48.2 Å². The van der Waals surface area contributed by atoms with E-state index in [1.165, 1.54) is 4.90 Å². The zero-order chi connectivity index (χ0) is 23.8. The maximum Gasteiger partial charge on any atom is 0.340 e. The molecule has 3 aromatic carbocycles. The molecule has 0 spiro atoms. The number of benzene rings is 3. The van der Waals surface area contributed by atoms with Gasteiger partial charge in [-0.3, -0.25) is 9.59 Å². The molecule has 5 nitrogen and oxygen atoms in total. The first kappa shape index (κ1) is 20.8. The number of carbonyl (C=O) groups excluding carboxylic acids is 3. The maximum atomic E-state index is 14.1. The lowest BCUT2D eigenvalue weighted by Crippen LogP contribution is -2.51. The van der Waals surface area contributed by atoms with E-state index in [1.54, 1.807) is 38.1 Å². The second-order valence-corrected chi connectivity index (χ2v) is 9.84. The predicted molar refractivity (Wildman–Crippen MR) is 128 cm³/mol. The first-order valence-corrected chi connectivity index (χ1v) is 11.7. The monoisotopic (exact) mass is 451 g/mol. The number of rotatable bonds is 3. The molecule has 3 aliphatic carbocycles. The summed E-state index contributed by atoms with van der Waals surface area (Å²) in [6.45, 7) is 5.63. The van der Waals surface area contributed by atoms with E-state index in [-0.39, 0.29) is 29.4 Å². The molecule has 2 atom stereocenters. The zero-order valence-electron chi connectivity index (χ0n) is 19.3. The standard InChI is InChI=1S/C29H25NO4/c1-16(2)34-28(33)19-12-6-9-15-22(19)30-26(31)24-23-17-10-4-7-13-20(17)29(3,25(24)27(30)32)21-14-8-5-11-18(21)23/h4-16,23-25H,1-3H3/t23?,24-,25-,29?/m1/s1. The van der Waals surface area contributed by atoms with Crippen molar-refractivity contribution in [3.8, 4) is 0 Å². The molecule has 2 amide bonds. The molecule has 1 saturated heterocycles. The summed E-state index contributed by atoms with van der Waals surface area (Å²) in [7, 11) is 0. The van der Waals surface area contributed by atoms with E-state index in [4.69, 9.17) is 4.74 Å². The first-order valence-electron chi connectivity index (χ1n) is 11.7. The summed E-state index contributed by atoms with van der Waals surface area (Å²) >= 11 is 0. The first-order chi connectivity index (χ1) is 16.4. The molecule has 7 rings (SSSR count).